The van der Waals surface area contributed by atoms with E-state index >= 15 is 0 Å². The summed E-state index contributed by atoms with van der Waals surface area (Å²) in [4.78, 5) is 15.6. The fourth-order valence-electron chi connectivity index (χ4n) is 2.94. The first-order chi connectivity index (χ1) is 11.3. The Hall–Kier alpha value is -2.49. The van der Waals surface area contributed by atoms with Crippen LogP contribution in [0.4, 0.5) is 0 Å². The number of nitrogens with one attached hydrogen (secondary N) is 1. The predicted molar refractivity (Wildman–Crippen MR) is 96.3 cm³/mol. The Balaban J connectivity index is 1.97. The summed E-state index contributed by atoms with van der Waals surface area (Å²) in [6.07, 6.45) is 7.61. The van der Waals surface area contributed by atoms with Crippen LogP contribution in [0.15, 0.2) is 39.2 Å². The first-order valence-electron chi connectivity index (χ1n) is 8.15. The quantitative estimate of drug-likeness (QED) is 0.848. The molecule has 0 saturated carbocycles. The van der Waals surface area contributed by atoms with Crippen LogP contribution in [0, 0.1) is 6.92 Å². The number of ether oxygens (including phenoxy) is 1. The highest BCUT2D eigenvalue weighted by atomic mass is 16.5. The first kappa shape index (κ1) is 16.4. The normalized spacial score (nSPS) is 19.5. The summed E-state index contributed by atoms with van der Waals surface area (Å²) < 4.78 is 11.5. The van der Waals surface area contributed by atoms with Crippen LogP contribution in [0.3, 0.4) is 0 Å². The molecule has 0 unspecified atom stereocenters. The van der Waals surface area contributed by atoms with Crippen LogP contribution in [0.5, 0.6) is 5.75 Å². The third kappa shape index (κ3) is 2.73. The van der Waals surface area contributed by atoms with E-state index in [-0.39, 0.29) is 17.1 Å². The third-order valence-electron chi connectivity index (χ3n) is 4.80. The molecule has 126 valence electrons. The molecule has 1 atom stereocenters. The molecule has 0 amide bonds. The van der Waals surface area contributed by atoms with E-state index in [9.17, 15) is 4.79 Å². The van der Waals surface area contributed by atoms with Crippen molar-refractivity contribution in [1.82, 2.24) is 4.98 Å². The molecule has 0 saturated heterocycles. The summed E-state index contributed by atoms with van der Waals surface area (Å²) in [6.45, 7) is 9.94. The van der Waals surface area contributed by atoms with E-state index in [2.05, 4.69) is 4.98 Å². The number of hydrogen-bond donors (Lipinski definition) is 1. The Kier molecular flexibility index (Phi) is 3.99. The highest BCUT2D eigenvalue weighted by Crippen LogP contribution is 2.43. The van der Waals surface area contributed by atoms with Crippen LogP contribution in [0.2, 0.25) is 0 Å². The molecule has 4 heteroatoms. The molecule has 2 aromatic heterocycles. The lowest BCUT2D eigenvalue weighted by Gasteiger charge is -2.20. The van der Waals surface area contributed by atoms with Gasteiger partial charge >= 0.3 is 5.63 Å². The summed E-state index contributed by atoms with van der Waals surface area (Å²) in [5.41, 5.74) is 2.94. The molecule has 0 aromatic carbocycles. The highest BCUT2D eigenvalue weighted by molar-refractivity contribution is 5.61. The summed E-state index contributed by atoms with van der Waals surface area (Å²) in [6, 6.07) is 3.95. The lowest BCUT2D eigenvalue weighted by atomic mass is 9.82. The molecule has 1 N–H and O–H groups in total. The van der Waals surface area contributed by atoms with Crippen LogP contribution in [0.25, 0.3) is 12.2 Å². The maximum absolute atomic E-state index is 12.4. The zero-order valence-corrected chi connectivity index (χ0v) is 14.8. The van der Waals surface area contributed by atoms with E-state index in [0.29, 0.717) is 17.1 Å². The second kappa shape index (κ2) is 5.86. The van der Waals surface area contributed by atoms with Crippen LogP contribution < -0.4 is 10.4 Å². The van der Waals surface area contributed by atoms with Crippen LogP contribution in [-0.2, 0) is 5.41 Å². The molecule has 3 rings (SSSR count). The SMILES string of the molecule is CC(/C=C/c1oc(=O)c2c(c1C)O[C@H](C)C2(C)C)=C\c1ccc[nH]1. The largest absolute Gasteiger partial charge is 0.489 e. The van der Waals surface area contributed by atoms with Gasteiger partial charge in [0.2, 0.25) is 0 Å². The van der Waals surface area contributed by atoms with Gasteiger partial charge in [0.05, 0.1) is 5.56 Å². The maximum atomic E-state index is 12.4. The van der Waals surface area contributed by atoms with E-state index in [1.165, 1.54) is 0 Å². The number of fused-ring (bicyclic) bond motifs is 1. The first-order valence-corrected chi connectivity index (χ1v) is 8.15. The summed E-state index contributed by atoms with van der Waals surface area (Å²) in [5, 5.41) is 0. The average molecular weight is 325 g/mol. The Bertz CT molecular complexity index is 867. The van der Waals surface area contributed by atoms with Gasteiger partial charge in [-0.1, -0.05) is 19.9 Å². The second-order valence-corrected chi connectivity index (χ2v) is 6.91. The standard InChI is InChI=1S/C20H23NO3/c1-12(11-15-7-6-10-21-15)8-9-16-13(2)18-17(19(22)24-16)20(4,5)14(3)23-18/h6-11,14,21H,1-5H3/b9-8+,12-11+/t14-/m1/s1. The van der Waals surface area contributed by atoms with Gasteiger partial charge in [-0.25, -0.2) is 4.79 Å². The minimum Gasteiger partial charge on any atom is -0.489 e. The second-order valence-electron chi connectivity index (χ2n) is 6.91. The number of aromatic amines is 1. The molecule has 24 heavy (non-hydrogen) atoms. The monoisotopic (exact) mass is 325 g/mol. The van der Waals surface area contributed by atoms with Crippen LogP contribution in [-0.4, -0.2) is 11.1 Å². The van der Waals surface area contributed by atoms with Gasteiger partial charge in [0.25, 0.3) is 0 Å². The van der Waals surface area contributed by atoms with E-state index in [4.69, 9.17) is 9.15 Å². The average Bonchev–Trinajstić information content (AvgIpc) is 3.09. The smallest absolute Gasteiger partial charge is 0.343 e. The predicted octanol–water partition coefficient (Wildman–Crippen LogP) is 4.45. The van der Waals surface area contributed by atoms with E-state index < -0.39 is 0 Å². The van der Waals surface area contributed by atoms with E-state index in [1.54, 1.807) is 0 Å². The molecule has 3 heterocycles. The number of hydrogen-bond acceptors (Lipinski definition) is 3. The minimum absolute atomic E-state index is 0.0529. The van der Waals surface area contributed by atoms with Crippen molar-refractivity contribution in [2.75, 3.05) is 0 Å². The van der Waals surface area contributed by atoms with Crippen molar-refractivity contribution < 1.29 is 9.15 Å². The van der Waals surface area contributed by atoms with Crippen molar-refractivity contribution in [1.29, 1.82) is 0 Å². The molecule has 4 nitrogen and oxygen atoms in total. The number of aromatic nitrogens is 1. The van der Waals surface area contributed by atoms with Gasteiger partial charge in [-0.3, -0.25) is 0 Å². The third-order valence-corrected chi connectivity index (χ3v) is 4.80. The fraction of sp³-hybridized carbons (Fsp3) is 0.350. The van der Waals surface area contributed by atoms with Gasteiger partial charge in [0, 0.05) is 22.9 Å². The number of H-pyrrole nitrogens is 1. The van der Waals surface area contributed by atoms with Crippen molar-refractivity contribution in [2.45, 2.75) is 46.1 Å². The highest BCUT2D eigenvalue weighted by Gasteiger charge is 2.43. The molecule has 0 aliphatic carbocycles. The number of rotatable bonds is 3. The Labute approximate surface area is 141 Å². The zero-order chi connectivity index (χ0) is 17.5. The molecule has 0 fully saturated rings. The van der Waals surface area contributed by atoms with Gasteiger partial charge in [-0.05, 0) is 50.6 Å². The summed E-state index contributed by atoms with van der Waals surface area (Å²) in [7, 11) is 0. The lowest BCUT2D eigenvalue weighted by Crippen LogP contribution is -2.32. The van der Waals surface area contributed by atoms with Crippen LogP contribution in [0.1, 0.15) is 50.3 Å². The van der Waals surface area contributed by atoms with Crippen molar-refractivity contribution in [3.63, 3.8) is 0 Å². The van der Waals surface area contributed by atoms with Gasteiger partial charge in [-0.15, -0.1) is 0 Å². The van der Waals surface area contributed by atoms with Gasteiger partial charge in [-0.2, -0.15) is 0 Å². The van der Waals surface area contributed by atoms with Crippen molar-refractivity contribution >= 4 is 12.2 Å². The van der Waals surface area contributed by atoms with Crippen molar-refractivity contribution in [3.8, 4) is 5.75 Å². The number of allylic oxidation sites excluding steroid dienone is 2. The molecule has 1 aliphatic heterocycles. The topological polar surface area (TPSA) is 55.2 Å². The van der Waals surface area contributed by atoms with E-state index in [1.807, 2.05) is 71.2 Å². The molecular weight excluding hydrogens is 302 g/mol. The summed E-state index contributed by atoms with van der Waals surface area (Å²) >= 11 is 0. The van der Waals surface area contributed by atoms with E-state index in [0.717, 1.165) is 16.8 Å². The molecule has 0 radical (unpaired) electrons. The van der Waals surface area contributed by atoms with Crippen LogP contribution >= 0.6 is 0 Å². The molecular formula is C20H23NO3. The molecule has 0 bridgehead atoms. The maximum Gasteiger partial charge on any atom is 0.343 e. The Morgan fingerprint density at radius 3 is 2.79 bits per heavy atom. The summed E-state index contributed by atoms with van der Waals surface area (Å²) in [5.74, 6) is 1.22. The van der Waals surface area contributed by atoms with Gasteiger partial charge in [0.15, 0.2) is 0 Å². The minimum atomic E-state index is -0.341. The molecule has 2 aromatic rings. The van der Waals surface area contributed by atoms with Gasteiger partial charge in [0.1, 0.15) is 17.6 Å². The fourth-order valence-corrected chi connectivity index (χ4v) is 2.94. The van der Waals surface area contributed by atoms with Crippen molar-refractivity contribution in [3.05, 3.63) is 63.0 Å². The lowest BCUT2D eigenvalue weighted by molar-refractivity contribution is 0.184. The van der Waals surface area contributed by atoms with Gasteiger partial charge < -0.3 is 14.1 Å². The Morgan fingerprint density at radius 1 is 1.38 bits per heavy atom. The Morgan fingerprint density at radius 2 is 2.12 bits per heavy atom. The molecule has 0 spiro atoms. The zero-order valence-electron chi connectivity index (χ0n) is 14.8. The molecule has 1 aliphatic rings. The van der Waals surface area contributed by atoms with Crippen molar-refractivity contribution in [2.24, 2.45) is 0 Å².